The quantitative estimate of drug-likeness (QED) is 0.774. The zero-order valence-electron chi connectivity index (χ0n) is 14.7. The first-order chi connectivity index (χ1) is 11.1. The minimum Gasteiger partial charge on any atom is -0.353 e. The summed E-state index contributed by atoms with van der Waals surface area (Å²) in [4.78, 5) is 30.6. The minimum atomic E-state index is 0.112. The van der Waals surface area contributed by atoms with Gasteiger partial charge in [0.05, 0.1) is 0 Å². The van der Waals surface area contributed by atoms with Crippen LogP contribution < -0.4 is 5.32 Å². The van der Waals surface area contributed by atoms with Crippen LogP contribution >= 0.6 is 0 Å². The molecule has 0 aromatic rings. The van der Waals surface area contributed by atoms with E-state index < -0.39 is 0 Å². The zero-order chi connectivity index (χ0) is 16.7. The first-order valence-electron chi connectivity index (χ1n) is 9.14. The van der Waals surface area contributed by atoms with Gasteiger partial charge in [-0.25, -0.2) is 0 Å². The third-order valence-electron chi connectivity index (χ3n) is 5.09. The number of hydrogen-bond donors (Lipinski definition) is 1. The molecule has 0 aliphatic carbocycles. The molecule has 2 aliphatic heterocycles. The Balaban J connectivity index is 1.62. The summed E-state index contributed by atoms with van der Waals surface area (Å²) >= 11 is 0. The van der Waals surface area contributed by atoms with Gasteiger partial charge in [0.25, 0.3) is 0 Å². The molecule has 23 heavy (non-hydrogen) atoms. The van der Waals surface area contributed by atoms with Gasteiger partial charge < -0.3 is 20.0 Å². The fraction of sp³-hybridized carbons (Fsp3) is 0.882. The van der Waals surface area contributed by atoms with Crippen molar-refractivity contribution < 1.29 is 9.59 Å². The predicted octanol–water partition coefficient (Wildman–Crippen LogP) is 0.531. The van der Waals surface area contributed by atoms with Gasteiger partial charge in [0.2, 0.25) is 11.8 Å². The SMILES string of the molecule is CCC(=O)NC1CCN(C(=O)CCN2CCN(CC)CC2)CC1. The van der Waals surface area contributed by atoms with Crippen molar-refractivity contribution in [1.29, 1.82) is 0 Å². The van der Waals surface area contributed by atoms with E-state index in [1.807, 2.05) is 11.8 Å². The third kappa shape index (κ3) is 5.77. The molecule has 0 bridgehead atoms. The number of hydrogen-bond acceptors (Lipinski definition) is 4. The number of rotatable bonds is 6. The second kappa shape index (κ2) is 9.23. The normalized spacial score (nSPS) is 21.4. The Morgan fingerprint density at radius 3 is 2.13 bits per heavy atom. The van der Waals surface area contributed by atoms with Crippen LogP contribution in [0.2, 0.25) is 0 Å². The largest absolute Gasteiger partial charge is 0.353 e. The predicted molar refractivity (Wildman–Crippen MR) is 91.2 cm³/mol. The van der Waals surface area contributed by atoms with Crippen LogP contribution in [-0.2, 0) is 9.59 Å². The highest BCUT2D eigenvalue weighted by Gasteiger charge is 2.24. The van der Waals surface area contributed by atoms with E-state index in [9.17, 15) is 9.59 Å². The molecule has 2 rings (SSSR count). The molecule has 2 heterocycles. The van der Waals surface area contributed by atoms with Crippen molar-refractivity contribution in [2.75, 3.05) is 52.4 Å². The first-order valence-corrected chi connectivity index (χ1v) is 9.14. The highest BCUT2D eigenvalue weighted by atomic mass is 16.2. The van der Waals surface area contributed by atoms with Crippen LogP contribution in [0.15, 0.2) is 0 Å². The molecular formula is C17H32N4O2. The van der Waals surface area contributed by atoms with E-state index >= 15 is 0 Å². The standard InChI is InChI=1S/C17H32N4O2/c1-3-16(22)18-15-5-9-21(10-6-15)17(23)7-8-20-13-11-19(4-2)12-14-20/h15H,3-14H2,1-2H3,(H,18,22). The number of piperazine rings is 1. The maximum absolute atomic E-state index is 12.3. The summed E-state index contributed by atoms with van der Waals surface area (Å²) in [5.74, 6) is 0.379. The van der Waals surface area contributed by atoms with E-state index in [1.54, 1.807) is 0 Å². The smallest absolute Gasteiger partial charge is 0.223 e. The summed E-state index contributed by atoms with van der Waals surface area (Å²) in [6.07, 6.45) is 2.92. The lowest BCUT2D eigenvalue weighted by Gasteiger charge is -2.35. The molecule has 2 aliphatic rings. The Morgan fingerprint density at radius 2 is 1.57 bits per heavy atom. The average molecular weight is 324 g/mol. The number of nitrogens with one attached hydrogen (secondary N) is 1. The van der Waals surface area contributed by atoms with Gasteiger partial charge in [0.15, 0.2) is 0 Å². The fourth-order valence-electron chi connectivity index (χ4n) is 3.34. The molecule has 0 aromatic carbocycles. The van der Waals surface area contributed by atoms with Gasteiger partial charge in [-0.05, 0) is 19.4 Å². The summed E-state index contributed by atoms with van der Waals surface area (Å²) in [7, 11) is 0. The van der Waals surface area contributed by atoms with Crippen molar-refractivity contribution in [3.8, 4) is 0 Å². The third-order valence-corrected chi connectivity index (χ3v) is 5.09. The fourth-order valence-corrected chi connectivity index (χ4v) is 3.34. The average Bonchev–Trinajstić information content (AvgIpc) is 2.60. The Labute approximate surface area is 140 Å². The Morgan fingerprint density at radius 1 is 0.957 bits per heavy atom. The van der Waals surface area contributed by atoms with Crippen molar-refractivity contribution >= 4 is 11.8 Å². The number of likely N-dealkylation sites (tertiary alicyclic amines) is 1. The van der Waals surface area contributed by atoms with Gasteiger partial charge in [0.1, 0.15) is 0 Å². The minimum absolute atomic E-state index is 0.112. The molecule has 0 saturated carbocycles. The van der Waals surface area contributed by atoms with Gasteiger partial charge >= 0.3 is 0 Å². The lowest BCUT2D eigenvalue weighted by molar-refractivity contribution is -0.132. The van der Waals surface area contributed by atoms with Gasteiger partial charge in [-0.15, -0.1) is 0 Å². The number of carbonyl (C=O) groups excluding carboxylic acids is 2. The molecule has 0 spiro atoms. The molecular weight excluding hydrogens is 292 g/mol. The Hall–Kier alpha value is -1.14. The lowest BCUT2D eigenvalue weighted by atomic mass is 10.0. The molecule has 0 aromatic heterocycles. The summed E-state index contributed by atoms with van der Waals surface area (Å²) < 4.78 is 0. The molecule has 2 saturated heterocycles. The van der Waals surface area contributed by atoms with Crippen LogP contribution in [0.4, 0.5) is 0 Å². The summed E-state index contributed by atoms with van der Waals surface area (Å²) in [6.45, 7) is 12.0. The monoisotopic (exact) mass is 324 g/mol. The van der Waals surface area contributed by atoms with Crippen molar-refractivity contribution in [3.05, 3.63) is 0 Å². The molecule has 6 heteroatoms. The van der Waals surface area contributed by atoms with Crippen LogP contribution in [0, 0.1) is 0 Å². The van der Waals surface area contributed by atoms with Crippen LogP contribution in [0.1, 0.15) is 39.5 Å². The van der Waals surface area contributed by atoms with Crippen LogP contribution in [0.3, 0.4) is 0 Å². The van der Waals surface area contributed by atoms with Crippen molar-refractivity contribution in [3.63, 3.8) is 0 Å². The van der Waals surface area contributed by atoms with Gasteiger partial charge in [-0.3, -0.25) is 9.59 Å². The maximum Gasteiger partial charge on any atom is 0.223 e. The first kappa shape index (κ1) is 18.2. The number of likely N-dealkylation sites (N-methyl/N-ethyl adjacent to an activating group) is 1. The van der Waals surface area contributed by atoms with E-state index in [1.165, 1.54) is 0 Å². The molecule has 0 atom stereocenters. The number of nitrogens with zero attached hydrogens (tertiary/aromatic N) is 3. The van der Waals surface area contributed by atoms with Gasteiger partial charge in [-0.1, -0.05) is 13.8 Å². The molecule has 0 unspecified atom stereocenters. The molecule has 2 fully saturated rings. The number of piperidine rings is 1. The van der Waals surface area contributed by atoms with Crippen LogP contribution in [-0.4, -0.2) is 84.9 Å². The summed E-state index contributed by atoms with van der Waals surface area (Å²) in [5, 5.41) is 3.03. The van der Waals surface area contributed by atoms with Crippen molar-refractivity contribution in [2.24, 2.45) is 0 Å². The van der Waals surface area contributed by atoms with E-state index in [2.05, 4.69) is 22.0 Å². The molecule has 132 valence electrons. The van der Waals surface area contributed by atoms with Crippen LogP contribution in [0.5, 0.6) is 0 Å². The zero-order valence-corrected chi connectivity index (χ0v) is 14.7. The number of amides is 2. The summed E-state index contributed by atoms with van der Waals surface area (Å²) in [5.41, 5.74) is 0. The second-order valence-electron chi connectivity index (χ2n) is 6.60. The number of carbonyl (C=O) groups is 2. The topological polar surface area (TPSA) is 55.9 Å². The van der Waals surface area contributed by atoms with E-state index in [-0.39, 0.29) is 17.9 Å². The Bertz CT molecular complexity index is 386. The lowest BCUT2D eigenvalue weighted by Crippen LogP contribution is -2.48. The highest BCUT2D eigenvalue weighted by molar-refractivity contribution is 5.77. The van der Waals surface area contributed by atoms with Crippen LogP contribution in [0.25, 0.3) is 0 Å². The summed E-state index contributed by atoms with van der Waals surface area (Å²) in [6, 6.07) is 0.244. The molecule has 0 radical (unpaired) electrons. The van der Waals surface area contributed by atoms with E-state index in [0.29, 0.717) is 12.8 Å². The van der Waals surface area contributed by atoms with Gasteiger partial charge in [-0.2, -0.15) is 0 Å². The molecule has 6 nitrogen and oxygen atoms in total. The van der Waals surface area contributed by atoms with Crippen molar-refractivity contribution in [1.82, 2.24) is 20.0 Å². The second-order valence-corrected chi connectivity index (χ2v) is 6.60. The Kier molecular flexibility index (Phi) is 7.30. The highest BCUT2D eigenvalue weighted by Crippen LogP contribution is 2.12. The molecule has 2 amide bonds. The van der Waals surface area contributed by atoms with Gasteiger partial charge in [0, 0.05) is 64.7 Å². The van der Waals surface area contributed by atoms with E-state index in [4.69, 9.17) is 0 Å². The maximum atomic E-state index is 12.3. The molecule has 1 N–H and O–H groups in total. The van der Waals surface area contributed by atoms with E-state index in [0.717, 1.165) is 65.2 Å². The van der Waals surface area contributed by atoms with Crippen molar-refractivity contribution in [2.45, 2.75) is 45.6 Å².